The van der Waals surface area contributed by atoms with Gasteiger partial charge in [-0.2, -0.15) is 5.10 Å². The largest absolute Gasteiger partial charge is 0.497 e. The lowest BCUT2D eigenvalue weighted by Gasteiger charge is -2.23. The predicted molar refractivity (Wildman–Crippen MR) is 110 cm³/mol. The van der Waals surface area contributed by atoms with Crippen LogP contribution in [-0.2, 0) is 13.0 Å². The third kappa shape index (κ3) is 4.95. The van der Waals surface area contributed by atoms with Crippen molar-refractivity contribution in [1.82, 2.24) is 15.1 Å². The summed E-state index contributed by atoms with van der Waals surface area (Å²) in [7, 11) is 1.69. The van der Waals surface area contributed by atoms with E-state index < -0.39 is 0 Å². The Bertz CT molecular complexity index is 909. The normalized spacial score (nSPS) is 16.8. The van der Waals surface area contributed by atoms with E-state index in [0.717, 1.165) is 43.1 Å². The second kappa shape index (κ2) is 9.09. The zero-order valence-corrected chi connectivity index (χ0v) is 16.6. The van der Waals surface area contributed by atoms with Crippen molar-refractivity contribution in [2.75, 3.05) is 20.3 Å². The number of ether oxygens (including phenoxy) is 2. The van der Waals surface area contributed by atoms with Gasteiger partial charge in [-0.1, -0.05) is 12.1 Å². The lowest BCUT2D eigenvalue weighted by atomic mass is 10.1. The van der Waals surface area contributed by atoms with E-state index in [4.69, 9.17) is 9.47 Å². The Kier molecular flexibility index (Phi) is 6.10. The van der Waals surface area contributed by atoms with Gasteiger partial charge in [-0.05, 0) is 67.4 Å². The van der Waals surface area contributed by atoms with Crippen LogP contribution in [0.15, 0.2) is 54.6 Å². The van der Waals surface area contributed by atoms with E-state index in [1.807, 2.05) is 12.1 Å². The number of nitrogens with one attached hydrogen (secondary N) is 1. The van der Waals surface area contributed by atoms with E-state index in [9.17, 15) is 4.39 Å². The number of halogens is 1. The summed E-state index contributed by atoms with van der Waals surface area (Å²) in [6, 6.07) is 16.8. The van der Waals surface area contributed by atoms with Crippen LogP contribution in [0.25, 0.3) is 0 Å². The van der Waals surface area contributed by atoms with E-state index in [1.54, 1.807) is 19.2 Å². The molecule has 0 bridgehead atoms. The molecular weight excluding hydrogens is 369 g/mol. The van der Waals surface area contributed by atoms with E-state index in [0.29, 0.717) is 18.4 Å². The van der Waals surface area contributed by atoms with Gasteiger partial charge in [-0.3, -0.25) is 10.00 Å². The van der Waals surface area contributed by atoms with E-state index in [2.05, 4.69) is 33.3 Å². The van der Waals surface area contributed by atoms with Crippen molar-refractivity contribution in [2.24, 2.45) is 0 Å². The molecule has 2 heterocycles. The molecule has 1 atom stereocenters. The van der Waals surface area contributed by atoms with Crippen LogP contribution in [0.1, 0.15) is 35.8 Å². The van der Waals surface area contributed by atoms with Gasteiger partial charge >= 0.3 is 0 Å². The number of rotatable bonds is 8. The highest BCUT2D eigenvalue weighted by atomic mass is 19.1. The van der Waals surface area contributed by atoms with Crippen molar-refractivity contribution in [3.05, 3.63) is 77.4 Å². The minimum atomic E-state index is -0.258. The predicted octanol–water partition coefficient (Wildman–Crippen LogP) is 4.52. The fourth-order valence-corrected chi connectivity index (χ4v) is 3.80. The Hall–Kier alpha value is -2.86. The third-order valence-corrected chi connectivity index (χ3v) is 5.35. The van der Waals surface area contributed by atoms with Crippen molar-refractivity contribution < 1.29 is 13.9 Å². The molecule has 0 saturated carbocycles. The summed E-state index contributed by atoms with van der Waals surface area (Å²) in [5.74, 6) is 1.30. The Morgan fingerprint density at radius 3 is 2.62 bits per heavy atom. The number of hydrogen-bond donors (Lipinski definition) is 1. The maximum Gasteiger partial charge on any atom is 0.123 e. The molecule has 0 aliphatic carbocycles. The molecule has 1 saturated heterocycles. The first-order valence-electron chi connectivity index (χ1n) is 10.0. The lowest BCUT2D eigenvalue weighted by molar-refractivity contribution is 0.244. The molecule has 3 aromatic rings. The average molecular weight is 395 g/mol. The molecule has 1 aliphatic heterocycles. The van der Waals surface area contributed by atoms with Gasteiger partial charge in [0.2, 0.25) is 0 Å². The number of likely N-dealkylation sites (tertiary alicyclic amines) is 1. The first-order chi connectivity index (χ1) is 14.2. The first-order valence-corrected chi connectivity index (χ1v) is 10.0. The van der Waals surface area contributed by atoms with Crippen LogP contribution in [0, 0.1) is 5.82 Å². The van der Waals surface area contributed by atoms with Crippen LogP contribution in [0.2, 0.25) is 0 Å². The Morgan fingerprint density at radius 2 is 1.86 bits per heavy atom. The first kappa shape index (κ1) is 19.5. The van der Waals surface area contributed by atoms with Gasteiger partial charge in [0.15, 0.2) is 0 Å². The van der Waals surface area contributed by atoms with Gasteiger partial charge < -0.3 is 9.47 Å². The van der Waals surface area contributed by atoms with Crippen molar-refractivity contribution in [3.63, 3.8) is 0 Å². The molecule has 1 aliphatic rings. The van der Waals surface area contributed by atoms with Crippen LogP contribution in [0.5, 0.6) is 11.5 Å². The zero-order chi connectivity index (χ0) is 20.1. The lowest BCUT2D eigenvalue weighted by Crippen LogP contribution is -2.23. The standard InChI is InChI=1S/C23H26FN3O2/c1-28-20-8-4-17(5-9-20)16-27-13-2-3-23(27)22-15-19(25-26-22)12-14-29-21-10-6-18(24)7-11-21/h4-11,15,23H,2-3,12-14,16H2,1H3,(H,25,26)/t23-/m0/s1. The number of benzene rings is 2. The van der Waals surface area contributed by atoms with E-state index in [1.165, 1.54) is 24.1 Å². The number of H-pyrrole nitrogens is 1. The van der Waals surface area contributed by atoms with Gasteiger partial charge in [0, 0.05) is 18.7 Å². The van der Waals surface area contributed by atoms with Crippen LogP contribution in [0.3, 0.4) is 0 Å². The summed E-state index contributed by atoms with van der Waals surface area (Å²) in [4.78, 5) is 2.48. The molecule has 5 nitrogen and oxygen atoms in total. The van der Waals surface area contributed by atoms with Crippen molar-refractivity contribution >= 4 is 0 Å². The SMILES string of the molecule is COc1ccc(CN2CCC[C@H]2c2cc(CCOc3ccc(F)cc3)[nH]n2)cc1. The number of aromatic amines is 1. The second-order valence-electron chi connectivity index (χ2n) is 7.35. The second-order valence-corrected chi connectivity index (χ2v) is 7.35. The molecule has 1 aromatic heterocycles. The fourth-order valence-electron chi connectivity index (χ4n) is 3.80. The number of aromatic nitrogens is 2. The number of nitrogens with zero attached hydrogens (tertiary/aromatic N) is 2. The molecule has 0 radical (unpaired) electrons. The monoisotopic (exact) mass is 395 g/mol. The van der Waals surface area contributed by atoms with E-state index >= 15 is 0 Å². The zero-order valence-electron chi connectivity index (χ0n) is 16.6. The van der Waals surface area contributed by atoms with E-state index in [-0.39, 0.29) is 5.82 Å². The van der Waals surface area contributed by atoms with Crippen molar-refractivity contribution in [1.29, 1.82) is 0 Å². The Morgan fingerprint density at radius 1 is 1.10 bits per heavy atom. The number of hydrogen-bond acceptors (Lipinski definition) is 4. The van der Waals surface area contributed by atoms with Gasteiger partial charge in [0.25, 0.3) is 0 Å². The fraction of sp³-hybridized carbons (Fsp3) is 0.348. The van der Waals surface area contributed by atoms with Crippen LogP contribution in [-0.4, -0.2) is 35.4 Å². The van der Waals surface area contributed by atoms with Gasteiger partial charge in [0.1, 0.15) is 17.3 Å². The van der Waals surface area contributed by atoms with Gasteiger partial charge in [0.05, 0.1) is 25.5 Å². The van der Waals surface area contributed by atoms with Crippen LogP contribution >= 0.6 is 0 Å². The van der Waals surface area contributed by atoms with Gasteiger partial charge in [-0.15, -0.1) is 0 Å². The van der Waals surface area contributed by atoms with Crippen molar-refractivity contribution in [3.8, 4) is 11.5 Å². The quantitative estimate of drug-likeness (QED) is 0.609. The maximum atomic E-state index is 12.9. The molecule has 1 N–H and O–H groups in total. The minimum Gasteiger partial charge on any atom is -0.497 e. The summed E-state index contributed by atoms with van der Waals surface area (Å²) < 4.78 is 23.9. The highest BCUT2D eigenvalue weighted by molar-refractivity contribution is 5.27. The summed E-state index contributed by atoms with van der Waals surface area (Å²) in [6.07, 6.45) is 3.03. The molecule has 29 heavy (non-hydrogen) atoms. The summed E-state index contributed by atoms with van der Waals surface area (Å²) in [5.41, 5.74) is 3.42. The minimum absolute atomic E-state index is 0.258. The summed E-state index contributed by atoms with van der Waals surface area (Å²) >= 11 is 0. The van der Waals surface area contributed by atoms with Crippen LogP contribution in [0.4, 0.5) is 4.39 Å². The Labute approximate surface area is 170 Å². The molecule has 0 unspecified atom stereocenters. The molecule has 0 amide bonds. The molecule has 6 heteroatoms. The van der Waals surface area contributed by atoms with Crippen molar-refractivity contribution in [2.45, 2.75) is 31.8 Å². The van der Waals surface area contributed by atoms with Gasteiger partial charge in [-0.25, -0.2) is 4.39 Å². The number of methoxy groups -OCH3 is 1. The molecule has 0 spiro atoms. The molecule has 2 aromatic carbocycles. The molecular formula is C23H26FN3O2. The highest BCUT2D eigenvalue weighted by Gasteiger charge is 2.28. The maximum absolute atomic E-state index is 12.9. The topological polar surface area (TPSA) is 50.4 Å². The summed E-state index contributed by atoms with van der Waals surface area (Å²) in [5, 5.41) is 7.71. The molecule has 1 fully saturated rings. The highest BCUT2D eigenvalue weighted by Crippen LogP contribution is 2.32. The molecule has 152 valence electrons. The average Bonchev–Trinajstić information content (AvgIpc) is 3.39. The third-order valence-electron chi connectivity index (χ3n) is 5.35. The smallest absolute Gasteiger partial charge is 0.123 e. The van der Waals surface area contributed by atoms with Crippen LogP contribution < -0.4 is 9.47 Å². The Balaban J connectivity index is 1.32. The summed E-state index contributed by atoms with van der Waals surface area (Å²) in [6.45, 7) is 2.50. The molecule has 4 rings (SSSR count).